The molecule has 28 heavy (non-hydrogen) atoms. The molecule has 2 N–H and O–H groups in total. The van der Waals surface area contributed by atoms with Crippen LogP contribution in [0.3, 0.4) is 0 Å². The van der Waals surface area contributed by atoms with Crippen molar-refractivity contribution in [2.24, 2.45) is 0 Å². The molecular weight excluding hydrogens is 354 g/mol. The average Bonchev–Trinajstić information content (AvgIpc) is 2.70. The number of aryl methyl sites for hydroxylation is 2. The minimum absolute atomic E-state index is 0.236. The summed E-state index contributed by atoms with van der Waals surface area (Å²) in [7, 11) is 1.33. The first-order valence-electron chi connectivity index (χ1n) is 8.77. The fourth-order valence-electron chi connectivity index (χ4n) is 2.72. The number of rotatable bonds is 5. The predicted molar refractivity (Wildman–Crippen MR) is 109 cm³/mol. The van der Waals surface area contributed by atoms with Crippen LogP contribution in [0.1, 0.15) is 31.8 Å². The highest BCUT2D eigenvalue weighted by atomic mass is 16.5. The molecule has 1 heterocycles. The van der Waals surface area contributed by atoms with Gasteiger partial charge in [-0.05, 0) is 55.3 Å². The molecule has 142 valence electrons. The van der Waals surface area contributed by atoms with E-state index < -0.39 is 5.97 Å². The summed E-state index contributed by atoms with van der Waals surface area (Å²) in [6.07, 6.45) is 1.54. The van der Waals surface area contributed by atoms with Gasteiger partial charge >= 0.3 is 5.97 Å². The average molecular weight is 375 g/mol. The number of benzene rings is 2. The smallest absolute Gasteiger partial charge is 0.339 e. The molecule has 0 radical (unpaired) electrons. The van der Waals surface area contributed by atoms with Crippen LogP contribution in [-0.4, -0.2) is 24.0 Å². The van der Waals surface area contributed by atoms with E-state index in [1.165, 1.54) is 7.11 Å². The molecule has 1 amide bonds. The Labute approximate surface area is 163 Å². The lowest BCUT2D eigenvalue weighted by Crippen LogP contribution is -2.13. The van der Waals surface area contributed by atoms with E-state index in [9.17, 15) is 9.59 Å². The van der Waals surface area contributed by atoms with E-state index in [1.54, 1.807) is 42.6 Å². The molecule has 0 spiro atoms. The van der Waals surface area contributed by atoms with Crippen LogP contribution in [-0.2, 0) is 4.74 Å². The maximum absolute atomic E-state index is 12.7. The zero-order chi connectivity index (χ0) is 20.1. The first-order valence-corrected chi connectivity index (χ1v) is 8.77. The van der Waals surface area contributed by atoms with E-state index in [1.807, 2.05) is 32.0 Å². The number of nitrogens with zero attached hydrogens (tertiary/aromatic N) is 1. The molecule has 1 aromatic heterocycles. The number of methoxy groups -OCH3 is 1. The van der Waals surface area contributed by atoms with E-state index in [2.05, 4.69) is 15.6 Å². The molecular formula is C22H21N3O3. The molecule has 0 aliphatic heterocycles. The molecule has 0 unspecified atom stereocenters. The third-order valence-corrected chi connectivity index (χ3v) is 4.26. The molecule has 0 fully saturated rings. The first kappa shape index (κ1) is 19.1. The monoisotopic (exact) mass is 375 g/mol. The summed E-state index contributed by atoms with van der Waals surface area (Å²) in [5.74, 6) is -0.239. The number of ether oxygens (including phenoxy) is 1. The van der Waals surface area contributed by atoms with Gasteiger partial charge in [0, 0.05) is 17.4 Å². The zero-order valence-corrected chi connectivity index (χ0v) is 15.9. The maximum Gasteiger partial charge on any atom is 0.339 e. The first-order chi connectivity index (χ1) is 13.5. The molecule has 0 saturated heterocycles. The number of amides is 1. The van der Waals surface area contributed by atoms with Crippen molar-refractivity contribution in [1.29, 1.82) is 0 Å². The van der Waals surface area contributed by atoms with Crippen LogP contribution >= 0.6 is 0 Å². The van der Waals surface area contributed by atoms with Gasteiger partial charge in [0.05, 0.1) is 18.4 Å². The highest BCUT2D eigenvalue weighted by molar-refractivity contribution is 6.05. The van der Waals surface area contributed by atoms with E-state index in [0.717, 1.165) is 16.8 Å². The van der Waals surface area contributed by atoms with Crippen molar-refractivity contribution in [3.8, 4) is 0 Å². The number of carbonyl (C=O) groups is 2. The fraction of sp³-hybridized carbons (Fsp3) is 0.136. The number of para-hydroxylation sites is 1. The largest absolute Gasteiger partial charge is 0.465 e. The number of anilines is 3. The Morgan fingerprint density at radius 2 is 1.75 bits per heavy atom. The minimum Gasteiger partial charge on any atom is -0.465 e. The predicted octanol–water partition coefficient (Wildman–Crippen LogP) is 4.48. The summed E-state index contributed by atoms with van der Waals surface area (Å²) >= 11 is 0. The summed E-state index contributed by atoms with van der Waals surface area (Å²) in [5, 5.41) is 6.00. The fourth-order valence-corrected chi connectivity index (χ4v) is 2.72. The standard InChI is InChI=1S/C22H21N3O3/c1-14-8-9-15(2)19(12-14)25-21(26)16-10-11-23-20(13-16)24-18-7-5-4-6-17(18)22(27)28-3/h4-13H,1-3H3,(H,23,24)(H,25,26). The lowest BCUT2D eigenvalue weighted by molar-refractivity contribution is 0.0601. The van der Waals surface area contributed by atoms with Crippen LogP contribution in [0.25, 0.3) is 0 Å². The van der Waals surface area contributed by atoms with Crippen molar-refractivity contribution in [2.45, 2.75) is 13.8 Å². The van der Waals surface area contributed by atoms with E-state index >= 15 is 0 Å². The number of hydrogen-bond donors (Lipinski definition) is 2. The lowest BCUT2D eigenvalue weighted by Gasteiger charge is -2.12. The van der Waals surface area contributed by atoms with Gasteiger partial charge in [-0.1, -0.05) is 24.3 Å². The molecule has 0 bridgehead atoms. The molecule has 0 atom stereocenters. The van der Waals surface area contributed by atoms with Gasteiger partial charge in [0.2, 0.25) is 0 Å². The second-order valence-electron chi connectivity index (χ2n) is 6.36. The third-order valence-electron chi connectivity index (χ3n) is 4.26. The Morgan fingerprint density at radius 1 is 0.964 bits per heavy atom. The van der Waals surface area contributed by atoms with Crippen LogP contribution < -0.4 is 10.6 Å². The molecule has 3 rings (SSSR count). The molecule has 0 aliphatic rings. The minimum atomic E-state index is -0.452. The van der Waals surface area contributed by atoms with E-state index in [0.29, 0.717) is 22.6 Å². The molecule has 0 saturated carbocycles. The Bertz CT molecular complexity index is 1030. The highest BCUT2D eigenvalue weighted by Gasteiger charge is 2.13. The number of nitrogens with one attached hydrogen (secondary N) is 2. The maximum atomic E-state index is 12.7. The lowest BCUT2D eigenvalue weighted by atomic mass is 10.1. The summed E-state index contributed by atoms with van der Waals surface area (Å²) < 4.78 is 4.80. The summed E-state index contributed by atoms with van der Waals surface area (Å²) in [6.45, 7) is 3.92. The molecule has 0 aliphatic carbocycles. The van der Waals surface area contributed by atoms with Gasteiger partial charge in [0.25, 0.3) is 5.91 Å². The third kappa shape index (κ3) is 4.35. The summed E-state index contributed by atoms with van der Waals surface area (Å²) in [4.78, 5) is 28.8. The molecule has 2 aromatic carbocycles. The second-order valence-corrected chi connectivity index (χ2v) is 6.36. The quantitative estimate of drug-likeness (QED) is 0.643. The molecule has 6 heteroatoms. The van der Waals surface area contributed by atoms with Gasteiger partial charge < -0.3 is 15.4 Å². The summed E-state index contributed by atoms with van der Waals surface area (Å²) in [6, 6.07) is 16.1. The normalized spacial score (nSPS) is 10.2. The van der Waals surface area contributed by atoms with Crippen LogP contribution in [0.5, 0.6) is 0 Å². The van der Waals surface area contributed by atoms with E-state index in [-0.39, 0.29) is 5.91 Å². The molecule has 6 nitrogen and oxygen atoms in total. The van der Waals surface area contributed by atoms with Crippen molar-refractivity contribution < 1.29 is 14.3 Å². The van der Waals surface area contributed by atoms with Crippen molar-refractivity contribution in [2.75, 3.05) is 17.7 Å². The Hall–Kier alpha value is -3.67. The Morgan fingerprint density at radius 3 is 2.54 bits per heavy atom. The zero-order valence-electron chi connectivity index (χ0n) is 15.9. The number of esters is 1. The van der Waals surface area contributed by atoms with Crippen LogP contribution in [0.4, 0.5) is 17.2 Å². The molecule has 3 aromatic rings. The summed E-state index contributed by atoms with van der Waals surface area (Å²) in [5.41, 5.74) is 4.21. The SMILES string of the molecule is COC(=O)c1ccccc1Nc1cc(C(=O)Nc2cc(C)ccc2C)ccn1. The van der Waals surface area contributed by atoms with Crippen LogP contribution in [0.15, 0.2) is 60.8 Å². The van der Waals surface area contributed by atoms with Gasteiger partial charge in [-0.25, -0.2) is 9.78 Å². The Kier molecular flexibility index (Phi) is 5.69. The Balaban J connectivity index is 1.82. The van der Waals surface area contributed by atoms with Crippen molar-refractivity contribution in [1.82, 2.24) is 4.98 Å². The number of aromatic nitrogens is 1. The van der Waals surface area contributed by atoms with Gasteiger partial charge in [0.1, 0.15) is 5.82 Å². The van der Waals surface area contributed by atoms with Crippen molar-refractivity contribution in [3.63, 3.8) is 0 Å². The van der Waals surface area contributed by atoms with Gasteiger partial charge in [-0.3, -0.25) is 4.79 Å². The van der Waals surface area contributed by atoms with Crippen molar-refractivity contribution >= 4 is 29.1 Å². The van der Waals surface area contributed by atoms with Gasteiger partial charge in [-0.2, -0.15) is 0 Å². The number of carbonyl (C=O) groups excluding carboxylic acids is 2. The second kappa shape index (κ2) is 8.35. The van der Waals surface area contributed by atoms with Crippen molar-refractivity contribution in [3.05, 3.63) is 83.0 Å². The van der Waals surface area contributed by atoms with E-state index in [4.69, 9.17) is 4.74 Å². The highest BCUT2D eigenvalue weighted by Crippen LogP contribution is 2.22. The van der Waals surface area contributed by atoms with Gasteiger partial charge in [-0.15, -0.1) is 0 Å². The topological polar surface area (TPSA) is 80.3 Å². The van der Waals surface area contributed by atoms with Crippen LogP contribution in [0, 0.1) is 13.8 Å². The van der Waals surface area contributed by atoms with Gasteiger partial charge in [0.15, 0.2) is 0 Å². The number of hydrogen-bond acceptors (Lipinski definition) is 5. The van der Waals surface area contributed by atoms with Crippen LogP contribution in [0.2, 0.25) is 0 Å². The number of pyridine rings is 1.